The van der Waals surface area contributed by atoms with Crippen LogP contribution in [0, 0.1) is 26.2 Å². The van der Waals surface area contributed by atoms with Crippen LogP contribution in [0.4, 0.5) is 0 Å². The van der Waals surface area contributed by atoms with E-state index in [-0.39, 0.29) is 13.0 Å². The maximum atomic E-state index is 13.9. The number of phosphoric ester groups is 1. The van der Waals surface area contributed by atoms with Crippen molar-refractivity contribution in [2.24, 2.45) is 5.41 Å². The van der Waals surface area contributed by atoms with Gasteiger partial charge in [0.2, 0.25) is 0 Å². The quantitative estimate of drug-likeness (QED) is 0.0233. The SMILES string of the molecule is Cc1ccc(C(O)C(CO)(CO)C(OC(=O)CCCCCCC/C=C\CCCCCCCCOP(=O)(O)O)(c2ccc(C)cc2)c2ccc(C)cc2)cc1. The molecule has 0 aromatic heterocycles. The van der Waals surface area contributed by atoms with Crippen LogP contribution in [0.5, 0.6) is 0 Å². The van der Waals surface area contributed by atoms with E-state index in [1.165, 1.54) is 0 Å². The Morgan fingerprint density at radius 3 is 1.50 bits per heavy atom. The van der Waals surface area contributed by atoms with Gasteiger partial charge in [0, 0.05) is 17.5 Å². The number of ether oxygens (including phenoxy) is 1. The summed E-state index contributed by atoms with van der Waals surface area (Å²) in [6.07, 6.45) is 15.9. The molecule has 1 atom stereocenters. The first kappa shape index (κ1) is 45.3. The van der Waals surface area contributed by atoms with E-state index in [0.29, 0.717) is 29.5 Å². The van der Waals surface area contributed by atoms with Gasteiger partial charge in [-0.3, -0.25) is 9.32 Å². The Morgan fingerprint density at radius 2 is 1.06 bits per heavy atom. The number of unbranched alkanes of at least 4 members (excludes halogenated alkanes) is 11. The Labute approximate surface area is 322 Å². The molecule has 5 N–H and O–H groups in total. The first-order valence-corrected chi connectivity index (χ1v) is 21.1. The summed E-state index contributed by atoms with van der Waals surface area (Å²) in [6.45, 7) is 4.64. The highest BCUT2D eigenvalue weighted by Gasteiger charge is 2.60. The molecule has 0 radical (unpaired) electrons. The van der Waals surface area contributed by atoms with Crippen molar-refractivity contribution in [3.8, 4) is 0 Å². The number of esters is 1. The largest absolute Gasteiger partial charge is 0.469 e. The van der Waals surface area contributed by atoms with Crippen molar-refractivity contribution >= 4 is 13.8 Å². The molecule has 10 heteroatoms. The van der Waals surface area contributed by atoms with Crippen molar-refractivity contribution in [1.82, 2.24) is 0 Å². The minimum Gasteiger partial charge on any atom is -0.448 e. The summed E-state index contributed by atoms with van der Waals surface area (Å²) in [5.74, 6) is -0.463. The molecule has 0 aliphatic heterocycles. The molecule has 0 spiro atoms. The molecule has 3 aromatic carbocycles. The molecule has 298 valence electrons. The van der Waals surface area contributed by atoms with Crippen LogP contribution in [-0.2, 0) is 24.2 Å². The molecule has 3 aromatic rings. The Hall–Kier alpha value is -3.14. The molecule has 0 fully saturated rings. The lowest BCUT2D eigenvalue weighted by Gasteiger charge is -2.51. The second-order valence-corrected chi connectivity index (χ2v) is 15.9. The molecule has 0 heterocycles. The van der Waals surface area contributed by atoms with Gasteiger partial charge in [0.1, 0.15) is 0 Å². The highest BCUT2D eigenvalue weighted by atomic mass is 31.2. The number of rotatable bonds is 26. The lowest BCUT2D eigenvalue weighted by atomic mass is 9.61. The average molecular weight is 767 g/mol. The number of aliphatic hydroxyl groups excluding tert-OH is 3. The molecule has 3 rings (SSSR count). The highest BCUT2D eigenvalue weighted by molar-refractivity contribution is 7.46. The molecule has 0 amide bonds. The average Bonchev–Trinajstić information content (AvgIpc) is 3.15. The third-order valence-electron chi connectivity index (χ3n) is 10.3. The Balaban J connectivity index is 1.59. The lowest BCUT2D eigenvalue weighted by molar-refractivity contribution is -0.205. The number of carbonyl (C=O) groups excluding carboxylic acids is 1. The van der Waals surface area contributed by atoms with Gasteiger partial charge in [0.25, 0.3) is 0 Å². The van der Waals surface area contributed by atoms with Crippen molar-refractivity contribution < 1.29 is 43.7 Å². The number of hydrogen-bond acceptors (Lipinski definition) is 7. The topological polar surface area (TPSA) is 154 Å². The zero-order valence-corrected chi connectivity index (χ0v) is 33.4. The van der Waals surface area contributed by atoms with E-state index in [1.54, 1.807) is 12.1 Å². The Morgan fingerprint density at radius 1 is 0.648 bits per heavy atom. The van der Waals surface area contributed by atoms with Gasteiger partial charge in [0.15, 0.2) is 5.60 Å². The Bertz CT molecular complexity index is 1530. The fourth-order valence-corrected chi connectivity index (χ4v) is 7.38. The molecule has 1 unspecified atom stereocenters. The number of aryl methyl sites for hydroxylation is 3. The van der Waals surface area contributed by atoms with Crippen LogP contribution >= 0.6 is 7.82 Å². The summed E-state index contributed by atoms with van der Waals surface area (Å²) in [7, 11) is -4.35. The van der Waals surface area contributed by atoms with E-state index < -0.39 is 44.1 Å². The van der Waals surface area contributed by atoms with Crippen LogP contribution in [0.15, 0.2) is 84.9 Å². The fourth-order valence-electron chi connectivity index (χ4n) is 7.02. The molecule has 0 aliphatic rings. The van der Waals surface area contributed by atoms with E-state index in [4.69, 9.17) is 14.5 Å². The number of carbonyl (C=O) groups is 1. The lowest BCUT2D eigenvalue weighted by Crippen LogP contribution is -2.57. The van der Waals surface area contributed by atoms with Crippen molar-refractivity contribution in [2.45, 2.75) is 122 Å². The minimum absolute atomic E-state index is 0.0990. The second-order valence-electron chi connectivity index (χ2n) is 14.7. The predicted molar refractivity (Wildman–Crippen MR) is 214 cm³/mol. The maximum absolute atomic E-state index is 13.9. The van der Waals surface area contributed by atoms with Crippen LogP contribution in [0.25, 0.3) is 0 Å². The standard InChI is InChI=1S/C44H63O9P/c1-35-20-26-38(27-21-35)42(48)43(33-45,34-46)44(39-28-22-36(2)23-29-39,40-30-24-37(3)25-31-40)53-41(47)19-17-15-13-11-9-7-5-4-6-8-10-12-14-16-18-32-52-54(49,50)51/h4-5,20-31,42,45-46,48H,6-19,32-34H2,1-3H3,(H2,49,50,51)/b5-4-. The van der Waals surface area contributed by atoms with Gasteiger partial charge in [-0.1, -0.05) is 147 Å². The van der Waals surface area contributed by atoms with E-state index in [1.807, 2.05) is 81.4 Å². The van der Waals surface area contributed by atoms with Gasteiger partial charge < -0.3 is 29.8 Å². The van der Waals surface area contributed by atoms with Crippen molar-refractivity contribution in [1.29, 1.82) is 0 Å². The Kier molecular flexibility index (Phi) is 19.3. The van der Waals surface area contributed by atoms with Gasteiger partial charge >= 0.3 is 13.8 Å². The van der Waals surface area contributed by atoms with Gasteiger partial charge in [-0.2, -0.15) is 0 Å². The van der Waals surface area contributed by atoms with E-state index >= 15 is 0 Å². The number of hydrogen-bond donors (Lipinski definition) is 5. The summed E-state index contributed by atoms with van der Waals surface area (Å²) < 4.78 is 21.7. The number of allylic oxidation sites excluding steroid dienone is 2. The van der Waals surface area contributed by atoms with E-state index in [2.05, 4.69) is 16.7 Å². The molecular formula is C44H63O9P. The molecule has 0 saturated carbocycles. The number of benzene rings is 3. The van der Waals surface area contributed by atoms with Crippen molar-refractivity contribution in [3.63, 3.8) is 0 Å². The van der Waals surface area contributed by atoms with Gasteiger partial charge in [-0.25, -0.2) is 4.57 Å². The zero-order chi connectivity index (χ0) is 39.5. The van der Waals surface area contributed by atoms with E-state index in [0.717, 1.165) is 87.3 Å². The predicted octanol–water partition coefficient (Wildman–Crippen LogP) is 9.23. The molecule has 9 nitrogen and oxygen atoms in total. The van der Waals surface area contributed by atoms with Crippen LogP contribution < -0.4 is 0 Å². The van der Waals surface area contributed by atoms with Gasteiger partial charge in [0.05, 0.1) is 31.3 Å². The molecule has 0 aliphatic carbocycles. The minimum atomic E-state index is -4.35. The smallest absolute Gasteiger partial charge is 0.448 e. The van der Waals surface area contributed by atoms with Crippen molar-refractivity contribution in [3.05, 3.63) is 118 Å². The van der Waals surface area contributed by atoms with E-state index in [9.17, 15) is 24.7 Å². The van der Waals surface area contributed by atoms with Gasteiger partial charge in [-0.15, -0.1) is 0 Å². The van der Waals surface area contributed by atoms with Crippen LogP contribution in [-0.4, -0.2) is 50.9 Å². The first-order chi connectivity index (χ1) is 25.9. The maximum Gasteiger partial charge on any atom is 0.469 e. The summed E-state index contributed by atoms with van der Waals surface area (Å²) >= 11 is 0. The second kappa shape index (κ2) is 23.1. The summed E-state index contributed by atoms with van der Waals surface area (Å²) in [6, 6.07) is 22.3. The first-order valence-electron chi connectivity index (χ1n) is 19.6. The number of phosphoric acid groups is 1. The highest BCUT2D eigenvalue weighted by Crippen LogP contribution is 2.55. The third-order valence-corrected chi connectivity index (χ3v) is 10.8. The van der Waals surface area contributed by atoms with Gasteiger partial charge in [-0.05, 0) is 64.9 Å². The van der Waals surface area contributed by atoms with Crippen LogP contribution in [0.3, 0.4) is 0 Å². The monoisotopic (exact) mass is 766 g/mol. The molecule has 0 saturated heterocycles. The zero-order valence-electron chi connectivity index (χ0n) is 32.5. The van der Waals surface area contributed by atoms with Crippen LogP contribution in [0.1, 0.15) is 129 Å². The third kappa shape index (κ3) is 13.6. The summed E-state index contributed by atoms with van der Waals surface area (Å²) in [4.78, 5) is 31.3. The molecule has 0 bridgehead atoms. The normalized spacial score (nSPS) is 13.0. The van der Waals surface area contributed by atoms with Crippen molar-refractivity contribution in [2.75, 3.05) is 19.8 Å². The molecule has 54 heavy (non-hydrogen) atoms. The summed E-state index contributed by atoms with van der Waals surface area (Å²) in [5.41, 5.74) is 1.12. The fraction of sp³-hybridized carbons (Fsp3) is 0.523. The van der Waals surface area contributed by atoms with Crippen LogP contribution in [0.2, 0.25) is 0 Å². The summed E-state index contributed by atoms with van der Waals surface area (Å²) in [5, 5.41) is 34.6. The number of aliphatic hydroxyl groups is 3. The molecular weight excluding hydrogens is 703 g/mol.